The molecule has 1 aromatic rings. The molecule has 1 saturated carbocycles. The van der Waals surface area contributed by atoms with Crippen molar-refractivity contribution in [3.05, 3.63) is 23.8 Å². The van der Waals surface area contributed by atoms with E-state index >= 15 is 0 Å². The summed E-state index contributed by atoms with van der Waals surface area (Å²) in [6, 6.07) is 4.84. The van der Waals surface area contributed by atoms with Crippen LogP contribution in [0.4, 0.5) is 0 Å². The van der Waals surface area contributed by atoms with Gasteiger partial charge in [0.15, 0.2) is 18.1 Å². The highest BCUT2D eigenvalue weighted by Crippen LogP contribution is 2.53. The first-order chi connectivity index (χ1) is 12.6. The number of hydrogen-bond acceptors (Lipinski definition) is 5. The van der Waals surface area contributed by atoms with E-state index in [4.69, 9.17) is 19.3 Å². The molecule has 7 nitrogen and oxygen atoms in total. The van der Waals surface area contributed by atoms with Gasteiger partial charge in [-0.3, -0.25) is 4.79 Å². The van der Waals surface area contributed by atoms with E-state index in [1.807, 2.05) is 6.92 Å². The summed E-state index contributed by atoms with van der Waals surface area (Å²) < 4.78 is 16.4. The Hall–Kier alpha value is -2.28. The summed E-state index contributed by atoms with van der Waals surface area (Å²) in [5.41, 5.74) is 0.0156. The number of carbonyl (C=O) groups excluding carboxylic acids is 1. The molecule has 2 atom stereocenters. The van der Waals surface area contributed by atoms with Crippen molar-refractivity contribution < 1.29 is 28.9 Å². The number of benzene rings is 1. The number of amides is 1. The normalized spacial score (nSPS) is 23.3. The highest BCUT2D eigenvalue weighted by Gasteiger charge is 2.59. The van der Waals surface area contributed by atoms with Crippen molar-refractivity contribution in [3.8, 4) is 11.5 Å². The molecule has 1 aliphatic rings. The van der Waals surface area contributed by atoms with Crippen LogP contribution < -0.4 is 9.47 Å². The largest absolute Gasteiger partial charge is 0.490 e. The Bertz CT molecular complexity index is 716. The van der Waals surface area contributed by atoms with Crippen molar-refractivity contribution in [1.82, 2.24) is 4.90 Å². The summed E-state index contributed by atoms with van der Waals surface area (Å²) in [5.74, 6) is -0.551. The molecule has 1 amide bonds. The van der Waals surface area contributed by atoms with Gasteiger partial charge in [0.05, 0.1) is 12.2 Å². The maximum Gasteiger partial charge on any atom is 0.341 e. The molecule has 1 fully saturated rings. The Labute approximate surface area is 160 Å². The smallest absolute Gasteiger partial charge is 0.341 e. The number of methoxy groups -OCH3 is 1. The maximum absolute atomic E-state index is 13.0. The van der Waals surface area contributed by atoms with Gasteiger partial charge in [-0.05, 0) is 38.5 Å². The first-order valence-corrected chi connectivity index (χ1v) is 9.01. The van der Waals surface area contributed by atoms with Gasteiger partial charge < -0.3 is 24.2 Å². The molecular weight excluding hydrogens is 350 g/mol. The third-order valence-corrected chi connectivity index (χ3v) is 5.86. The van der Waals surface area contributed by atoms with Gasteiger partial charge >= 0.3 is 5.97 Å². The average Bonchev–Trinajstić information content (AvgIpc) is 2.63. The summed E-state index contributed by atoms with van der Waals surface area (Å²) in [5, 5.41) is 8.78. The Morgan fingerprint density at radius 1 is 1.22 bits per heavy atom. The molecule has 0 heterocycles. The lowest BCUT2D eigenvalue weighted by Gasteiger charge is -2.61. The monoisotopic (exact) mass is 379 g/mol. The van der Waals surface area contributed by atoms with Crippen LogP contribution in [0.15, 0.2) is 18.2 Å². The Morgan fingerprint density at radius 3 is 2.41 bits per heavy atom. The van der Waals surface area contributed by atoms with Crippen molar-refractivity contribution in [2.75, 3.05) is 27.4 Å². The fraction of sp³-hybridized carbons (Fsp3) is 0.600. The van der Waals surface area contributed by atoms with Crippen molar-refractivity contribution in [3.63, 3.8) is 0 Å². The topological polar surface area (TPSA) is 85.3 Å². The molecule has 0 bridgehead atoms. The summed E-state index contributed by atoms with van der Waals surface area (Å²) in [7, 11) is 3.49. The van der Waals surface area contributed by atoms with Crippen molar-refractivity contribution in [1.29, 1.82) is 0 Å². The van der Waals surface area contributed by atoms with Crippen LogP contribution in [0.25, 0.3) is 0 Å². The second kappa shape index (κ2) is 7.76. The number of aliphatic carboxylic acids is 1. The van der Waals surface area contributed by atoms with Gasteiger partial charge in [0.1, 0.15) is 0 Å². The molecule has 2 unspecified atom stereocenters. The minimum absolute atomic E-state index is 0.0495. The lowest BCUT2D eigenvalue weighted by atomic mass is 9.55. The lowest BCUT2D eigenvalue weighted by Crippen LogP contribution is -2.68. The molecule has 1 N–H and O–H groups in total. The number of ether oxygens (including phenoxy) is 3. The second-order valence-electron chi connectivity index (χ2n) is 7.57. The van der Waals surface area contributed by atoms with Crippen molar-refractivity contribution in [2.24, 2.45) is 5.41 Å². The summed E-state index contributed by atoms with van der Waals surface area (Å²) >= 11 is 0. The number of hydrogen-bond donors (Lipinski definition) is 1. The van der Waals surface area contributed by atoms with Gasteiger partial charge in [-0.15, -0.1) is 0 Å². The van der Waals surface area contributed by atoms with Gasteiger partial charge in [-0.2, -0.15) is 0 Å². The second-order valence-corrected chi connectivity index (χ2v) is 7.57. The Morgan fingerprint density at radius 2 is 1.89 bits per heavy atom. The van der Waals surface area contributed by atoms with Crippen LogP contribution in [0.2, 0.25) is 0 Å². The lowest BCUT2D eigenvalue weighted by molar-refractivity contribution is -0.198. The van der Waals surface area contributed by atoms with Crippen LogP contribution in [0, 0.1) is 5.41 Å². The number of carboxylic acids is 1. The Kier molecular flexibility index (Phi) is 6.04. The number of nitrogens with zero attached hydrogens (tertiary/aromatic N) is 1. The predicted molar refractivity (Wildman–Crippen MR) is 100 cm³/mol. The van der Waals surface area contributed by atoms with Gasteiger partial charge in [-0.1, -0.05) is 13.8 Å². The SMILES string of the molecule is CCOc1cc(C(=O)N(C)C2CC(C)(OC)C2(C)C)ccc1OCC(=O)O. The fourth-order valence-corrected chi connectivity index (χ4v) is 3.59. The van der Waals surface area contributed by atoms with Gasteiger partial charge in [-0.25, -0.2) is 4.79 Å². The molecule has 0 spiro atoms. The van der Waals surface area contributed by atoms with Crippen LogP contribution in [0.5, 0.6) is 11.5 Å². The molecule has 0 aromatic heterocycles. The van der Waals surface area contributed by atoms with E-state index in [0.29, 0.717) is 23.7 Å². The summed E-state index contributed by atoms with van der Waals surface area (Å²) in [6.45, 7) is 7.97. The molecule has 1 aliphatic carbocycles. The van der Waals surface area contributed by atoms with Crippen LogP contribution in [0.3, 0.4) is 0 Å². The van der Waals surface area contributed by atoms with Gasteiger partial charge in [0.2, 0.25) is 0 Å². The molecule has 27 heavy (non-hydrogen) atoms. The number of carbonyl (C=O) groups is 2. The van der Waals surface area contributed by atoms with E-state index in [1.54, 1.807) is 37.3 Å². The van der Waals surface area contributed by atoms with Crippen LogP contribution in [-0.2, 0) is 9.53 Å². The van der Waals surface area contributed by atoms with Gasteiger partial charge in [0.25, 0.3) is 5.91 Å². The fourth-order valence-electron chi connectivity index (χ4n) is 3.59. The third kappa shape index (κ3) is 3.88. The summed E-state index contributed by atoms with van der Waals surface area (Å²) in [6.07, 6.45) is 0.761. The molecule has 0 aliphatic heterocycles. The molecule has 0 radical (unpaired) electrons. The average molecular weight is 379 g/mol. The van der Waals surface area contributed by atoms with Crippen molar-refractivity contribution >= 4 is 11.9 Å². The zero-order chi connectivity index (χ0) is 20.4. The highest BCUT2D eigenvalue weighted by atomic mass is 16.5. The van der Waals surface area contributed by atoms with E-state index in [0.717, 1.165) is 6.42 Å². The Balaban J connectivity index is 2.20. The number of carboxylic acid groups (broad SMARTS) is 1. The van der Waals surface area contributed by atoms with E-state index in [9.17, 15) is 9.59 Å². The van der Waals surface area contributed by atoms with Crippen LogP contribution >= 0.6 is 0 Å². The molecule has 1 aromatic carbocycles. The van der Waals surface area contributed by atoms with Gasteiger partial charge in [0, 0.05) is 31.2 Å². The van der Waals surface area contributed by atoms with E-state index in [2.05, 4.69) is 20.8 Å². The zero-order valence-corrected chi connectivity index (χ0v) is 16.9. The molecule has 2 rings (SSSR count). The number of rotatable bonds is 8. The van der Waals surface area contributed by atoms with Crippen molar-refractivity contribution in [2.45, 2.75) is 45.8 Å². The van der Waals surface area contributed by atoms with E-state index in [-0.39, 0.29) is 23.0 Å². The zero-order valence-electron chi connectivity index (χ0n) is 16.9. The quantitative estimate of drug-likeness (QED) is 0.748. The maximum atomic E-state index is 13.0. The molecular formula is C20H29NO6. The van der Waals surface area contributed by atoms with Crippen LogP contribution in [-0.4, -0.2) is 60.9 Å². The summed E-state index contributed by atoms with van der Waals surface area (Å²) in [4.78, 5) is 25.5. The van der Waals surface area contributed by atoms with Crippen LogP contribution in [0.1, 0.15) is 44.5 Å². The molecule has 7 heteroatoms. The minimum Gasteiger partial charge on any atom is -0.490 e. The molecule has 150 valence electrons. The van der Waals surface area contributed by atoms with E-state index in [1.165, 1.54) is 0 Å². The minimum atomic E-state index is -1.08. The predicted octanol–water partition coefficient (Wildman–Crippen LogP) is 2.82. The van der Waals surface area contributed by atoms with E-state index < -0.39 is 12.6 Å². The third-order valence-electron chi connectivity index (χ3n) is 5.86. The molecule has 0 saturated heterocycles. The highest BCUT2D eigenvalue weighted by molar-refractivity contribution is 5.95. The first kappa shape index (κ1) is 21.0. The first-order valence-electron chi connectivity index (χ1n) is 9.01. The standard InChI is InChI=1S/C20H29NO6/c1-7-26-15-10-13(8-9-14(15)27-12-17(22)23)18(24)21(5)16-11-20(4,25-6)19(16,2)3/h8-10,16H,7,11-12H2,1-6H3,(H,22,23).